The second-order valence-corrected chi connectivity index (χ2v) is 9.09. The summed E-state index contributed by atoms with van der Waals surface area (Å²) in [5.41, 5.74) is -1.01. The Hall–Kier alpha value is -2.38. The summed E-state index contributed by atoms with van der Waals surface area (Å²) in [5.74, 6) is -0.740. The first-order chi connectivity index (χ1) is 13.5. The highest BCUT2D eigenvalue weighted by Gasteiger charge is 2.37. The Morgan fingerprint density at radius 1 is 1.34 bits per heavy atom. The molecule has 0 saturated heterocycles. The summed E-state index contributed by atoms with van der Waals surface area (Å²) < 4.78 is 73.2. The van der Waals surface area contributed by atoms with Crippen LogP contribution in [-0.2, 0) is 27.5 Å². The minimum absolute atomic E-state index is 0.0626. The van der Waals surface area contributed by atoms with E-state index in [0.29, 0.717) is 23.9 Å². The van der Waals surface area contributed by atoms with Crippen LogP contribution >= 0.6 is 11.3 Å². The van der Waals surface area contributed by atoms with Crippen LogP contribution in [0.5, 0.6) is 5.75 Å². The van der Waals surface area contributed by atoms with E-state index in [4.69, 9.17) is 4.74 Å². The van der Waals surface area contributed by atoms with Gasteiger partial charge >= 0.3 is 6.18 Å². The molecule has 3 N–H and O–H groups in total. The number of sulfonamides is 1. The van der Waals surface area contributed by atoms with Crippen LogP contribution in [0.4, 0.5) is 24.0 Å². The zero-order chi connectivity index (χ0) is 21.4. The molecule has 1 amide bonds. The van der Waals surface area contributed by atoms with Gasteiger partial charge in [0, 0.05) is 25.6 Å². The number of hydrogen-bond donors (Lipinski definition) is 3. The molecule has 0 saturated carbocycles. The van der Waals surface area contributed by atoms with Gasteiger partial charge in [-0.3, -0.25) is 9.52 Å². The van der Waals surface area contributed by atoms with Gasteiger partial charge in [0.05, 0.1) is 16.9 Å². The SMILES string of the molecule is CC(=O)Nc1nc(C)c(S(=O)(=O)Nc2cc3c(c(C(F)(F)F)c2)OCCNC3)s1. The van der Waals surface area contributed by atoms with Crippen LogP contribution in [0.3, 0.4) is 0 Å². The van der Waals surface area contributed by atoms with Gasteiger partial charge in [-0.05, 0) is 19.1 Å². The van der Waals surface area contributed by atoms with E-state index in [0.717, 1.165) is 0 Å². The van der Waals surface area contributed by atoms with Crippen molar-refractivity contribution in [3.63, 3.8) is 0 Å². The molecule has 0 unspecified atom stereocenters. The lowest BCUT2D eigenvalue weighted by Gasteiger charge is -2.17. The topological polar surface area (TPSA) is 109 Å². The van der Waals surface area contributed by atoms with Crippen LogP contribution in [0.1, 0.15) is 23.7 Å². The van der Waals surface area contributed by atoms with Crippen molar-refractivity contribution in [3.8, 4) is 5.75 Å². The van der Waals surface area contributed by atoms with Crippen LogP contribution in [0.2, 0.25) is 0 Å². The van der Waals surface area contributed by atoms with E-state index < -0.39 is 27.7 Å². The molecule has 0 bridgehead atoms. The summed E-state index contributed by atoms with van der Waals surface area (Å²) >= 11 is 0.703. The molecule has 1 aliphatic heterocycles. The summed E-state index contributed by atoms with van der Waals surface area (Å²) in [5, 5.41) is 5.37. The third-order valence-electron chi connectivity index (χ3n) is 3.85. The Kier molecular flexibility index (Phi) is 5.74. The number of hydrogen-bond acceptors (Lipinski definition) is 7. The summed E-state index contributed by atoms with van der Waals surface area (Å²) in [6, 6.07) is 2.00. The molecule has 3 rings (SSSR count). The van der Waals surface area contributed by atoms with E-state index in [2.05, 4.69) is 20.3 Å². The summed E-state index contributed by atoms with van der Waals surface area (Å²) in [4.78, 5) is 15.1. The zero-order valence-electron chi connectivity index (χ0n) is 15.3. The van der Waals surface area contributed by atoms with E-state index >= 15 is 0 Å². The van der Waals surface area contributed by atoms with Crippen molar-refractivity contribution in [2.45, 2.75) is 30.8 Å². The number of carbonyl (C=O) groups is 1. The molecule has 13 heteroatoms. The second-order valence-electron chi connectivity index (χ2n) is 6.21. The average Bonchev–Trinajstić information content (AvgIpc) is 2.80. The van der Waals surface area contributed by atoms with Crippen LogP contribution in [-0.4, -0.2) is 32.5 Å². The van der Waals surface area contributed by atoms with Gasteiger partial charge in [0.25, 0.3) is 10.0 Å². The normalized spacial score (nSPS) is 14.5. The molecule has 0 aliphatic carbocycles. The van der Waals surface area contributed by atoms with E-state index in [1.54, 1.807) is 0 Å². The van der Waals surface area contributed by atoms with Crippen molar-refractivity contribution in [2.24, 2.45) is 0 Å². The molecule has 1 aromatic heterocycles. The summed E-state index contributed by atoms with van der Waals surface area (Å²) in [6.45, 7) is 3.19. The number of thiazole rings is 1. The molecule has 0 fully saturated rings. The van der Waals surface area contributed by atoms with Gasteiger partial charge in [-0.25, -0.2) is 13.4 Å². The first-order valence-corrected chi connectivity index (χ1v) is 10.6. The van der Waals surface area contributed by atoms with Crippen molar-refractivity contribution in [3.05, 3.63) is 29.0 Å². The Morgan fingerprint density at radius 2 is 2.07 bits per heavy atom. The molecule has 0 atom stereocenters. The molecule has 2 heterocycles. The third-order valence-corrected chi connectivity index (χ3v) is 6.91. The van der Waals surface area contributed by atoms with E-state index in [-0.39, 0.29) is 45.2 Å². The quantitative estimate of drug-likeness (QED) is 0.661. The number of amides is 1. The molecule has 158 valence electrons. The number of rotatable bonds is 4. The third kappa shape index (κ3) is 4.79. The van der Waals surface area contributed by atoms with Crippen molar-refractivity contribution < 1.29 is 31.1 Å². The number of ether oxygens (including phenoxy) is 1. The molecule has 8 nitrogen and oxygen atoms in total. The lowest BCUT2D eigenvalue weighted by molar-refractivity contribution is -0.138. The number of aromatic nitrogens is 1. The smallest absolute Gasteiger partial charge is 0.420 e. The van der Waals surface area contributed by atoms with Gasteiger partial charge in [-0.2, -0.15) is 13.2 Å². The summed E-state index contributed by atoms with van der Waals surface area (Å²) in [6.07, 6.45) is -4.73. The van der Waals surface area contributed by atoms with Crippen molar-refractivity contribution in [2.75, 3.05) is 23.2 Å². The predicted molar refractivity (Wildman–Crippen MR) is 101 cm³/mol. The van der Waals surface area contributed by atoms with Crippen molar-refractivity contribution in [1.29, 1.82) is 0 Å². The van der Waals surface area contributed by atoms with Crippen molar-refractivity contribution in [1.82, 2.24) is 10.3 Å². The monoisotopic (exact) mass is 450 g/mol. The number of halogens is 3. The number of benzene rings is 1. The van der Waals surface area contributed by atoms with Gasteiger partial charge in [0.15, 0.2) is 9.34 Å². The fraction of sp³-hybridized carbons (Fsp3) is 0.375. The Labute approximate surface area is 168 Å². The molecule has 29 heavy (non-hydrogen) atoms. The first-order valence-electron chi connectivity index (χ1n) is 8.33. The average molecular weight is 450 g/mol. The van der Waals surface area contributed by atoms with E-state index in [9.17, 15) is 26.4 Å². The highest BCUT2D eigenvalue weighted by Crippen LogP contribution is 2.41. The minimum atomic E-state index is -4.73. The maximum Gasteiger partial charge on any atom is 0.420 e. The molecule has 0 spiro atoms. The highest BCUT2D eigenvalue weighted by atomic mass is 32.2. The van der Waals surface area contributed by atoms with Gasteiger partial charge < -0.3 is 15.4 Å². The minimum Gasteiger partial charge on any atom is -0.491 e. The van der Waals surface area contributed by atoms with E-state index in [1.807, 2.05) is 0 Å². The number of nitrogens with one attached hydrogen (secondary N) is 3. The van der Waals surface area contributed by atoms with Crippen LogP contribution < -0.4 is 20.1 Å². The zero-order valence-corrected chi connectivity index (χ0v) is 16.9. The van der Waals surface area contributed by atoms with Crippen LogP contribution in [0, 0.1) is 6.92 Å². The number of aryl methyl sites for hydroxylation is 1. The number of fused-ring (bicyclic) bond motifs is 1. The maximum atomic E-state index is 13.5. The van der Waals surface area contributed by atoms with Crippen molar-refractivity contribution >= 4 is 38.1 Å². The van der Waals surface area contributed by atoms with Gasteiger partial charge in [-0.1, -0.05) is 11.3 Å². The number of carbonyl (C=O) groups excluding carboxylic acids is 1. The fourth-order valence-corrected chi connectivity index (χ4v) is 5.25. The van der Waals surface area contributed by atoms with Crippen LogP contribution in [0.15, 0.2) is 16.3 Å². The van der Waals surface area contributed by atoms with Gasteiger partial charge in [0.1, 0.15) is 12.4 Å². The molecule has 2 aromatic rings. The Bertz CT molecular complexity index is 1050. The summed E-state index contributed by atoms with van der Waals surface area (Å²) in [7, 11) is -4.23. The molecular formula is C16H17F3N4O4S2. The predicted octanol–water partition coefficient (Wildman–Crippen LogP) is 2.71. The number of nitrogens with zero attached hydrogens (tertiary/aromatic N) is 1. The lowest BCUT2D eigenvalue weighted by Crippen LogP contribution is -2.16. The largest absolute Gasteiger partial charge is 0.491 e. The molecule has 0 radical (unpaired) electrons. The van der Waals surface area contributed by atoms with Crippen LogP contribution in [0.25, 0.3) is 0 Å². The van der Waals surface area contributed by atoms with Gasteiger partial charge in [0.2, 0.25) is 5.91 Å². The standard InChI is InChI=1S/C16H17F3N4O4S2/c1-8-14(28-15(21-8)22-9(2)24)29(25,26)23-11-5-10-7-20-3-4-27-13(10)12(6-11)16(17,18)19/h5-6,20,23H,3-4,7H2,1-2H3,(H,21,22,24). The second kappa shape index (κ2) is 7.80. The van der Waals surface area contributed by atoms with Gasteiger partial charge in [-0.15, -0.1) is 0 Å². The maximum absolute atomic E-state index is 13.5. The molecule has 1 aromatic carbocycles. The first kappa shape index (κ1) is 21.3. The highest BCUT2D eigenvalue weighted by molar-refractivity contribution is 7.94. The Balaban J connectivity index is 2.00. The van der Waals surface area contributed by atoms with E-state index in [1.165, 1.54) is 19.9 Å². The number of alkyl halides is 3. The molecule has 1 aliphatic rings. The fourth-order valence-electron chi connectivity index (χ4n) is 2.75. The Morgan fingerprint density at radius 3 is 2.72 bits per heavy atom. The lowest BCUT2D eigenvalue weighted by atomic mass is 10.1. The number of anilines is 2. The molecular weight excluding hydrogens is 433 g/mol.